The van der Waals surface area contributed by atoms with Crippen molar-refractivity contribution in [3.63, 3.8) is 0 Å². The van der Waals surface area contributed by atoms with Crippen molar-refractivity contribution in [1.82, 2.24) is 0 Å². The molecule has 0 aromatic rings. The molecule has 7 nitrogen and oxygen atoms in total. The van der Waals surface area contributed by atoms with Gasteiger partial charge in [-0.15, -0.1) is 0 Å². The molecule has 0 aromatic heterocycles. The van der Waals surface area contributed by atoms with Crippen molar-refractivity contribution >= 4 is 11.9 Å². The lowest BCUT2D eigenvalue weighted by Gasteiger charge is -2.29. The standard InChI is InChI=1S/C40H78O7/c1-2-40(35-43,36-46-38(44)31-27-23-19-15-11-7-3-5-9-13-17-21-25-29-33-41)37-47-39(45)32-28-24-20-16-12-8-4-6-10-14-18-22-26-30-34-42/h41-43H,2-37H2,1H3. The molecule has 0 unspecified atom stereocenters. The highest BCUT2D eigenvalue weighted by Gasteiger charge is 2.31. The number of carbonyl (C=O) groups is 2. The van der Waals surface area contributed by atoms with Gasteiger partial charge in [0.1, 0.15) is 13.2 Å². The van der Waals surface area contributed by atoms with Crippen LogP contribution in [0.5, 0.6) is 0 Å². The fraction of sp³-hybridized carbons (Fsp3) is 0.950. The quantitative estimate of drug-likeness (QED) is 0.0442. The molecular formula is C40H78O7. The summed E-state index contributed by atoms with van der Waals surface area (Å²) in [4.78, 5) is 24.7. The fourth-order valence-electron chi connectivity index (χ4n) is 6.07. The Bertz CT molecular complexity index is 613. The van der Waals surface area contributed by atoms with Gasteiger partial charge in [-0.1, -0.05) is 161 Å². The summed E-state index contributed by atoms with van der Waals surface area (Å²) in [5, 5.41) is 27.6. The second kappa shape index (κ2) is 36.1. The zero-order chi connectivity index (χ0) is 34.5. The van der Waals surface area contributed by atoms with Crippen molar-refractivity contribution in [2.75, 3.05) is 33.0 Å². The first-order valence-corrected chi connectivity index (χ1v) is 20.2. The van der Waals surface area contributed by atoms with E-state index in [0.29, 0.717) is 32.5 Å². The lowest BCUT2D eigenvalue weighted by atomic mass is 9.88. The van der Waals surface area contributed by atoms with Crippen molar-refractivity contribution in [3.05, 3.63) is 0 Å². The minimum atomic E-state index is -0.731. The Hall–Kier alpha value is -1.18. The van der Waals surface area contributed by atoms with E-state index in [9.17, 15) is 14.7 Å². The molecule has 280 valence electrons. The third kappa shape index (κ3) is 31.8. The molecule has 0 aliphatic carbocycles. The molecule has 0 radical (unpaired) electrons. The molecule has 47 heavy (non-hydrogen) atoms. The molecule has 0 saturated heterocycles. The Kier molecular flexibility index (Phi) is 35.2. The van der Waals surface area contributed by atoms with E-state index in [-0.39, 0.29) is 31.8 Å². The Morgan fingerprint density at radius 3 is 0.851 bits per heavy atom. The number of aliphatic hydroxyl groups excluding tert-OH is 3. The van der Waals surface area contributed by atoms with Gasteiger partial charge in [0.25, 0.3) is 0 Å². The summed E-state index contributed by atoms with van der Waals surface area (Å²) < 4.78 is 11.0. The second-order valence-electron chi connectivity index (χ2n) is 14.2. The molecule has 0 aromatic carbocycles. The van der Waals surface area contributed by atoms with Crippen LogP contribution in [0.4, 0.5) is 0 Å². The average Bonchev–Trinajstić information content (AvgIpc) is 3.08. The van der Waals surface area contributed by atoms with Crippen LogP contribution in [0, 0.1) is 5.41 Å². The molecule has 0 spiro atoms. The maximum atomic E-state index is 12.3. The van der Waals surface area contributed by atoms with Gasteiger partial charge >= 0.3 is 11.9 Å². The van der Waals surface area contributed by atoms with Crippen LogP contribution in [0.1, 0.15) is 206 Å². The Morgan fingerprint density at radius 1 is 0.404 bits per heavy atom. The molecule has 3 N–H and O–H groups in total. The molecule has 0 atom stereocenters. The monoisotopic (exact) mass is 671 g/mol. The van der Waals surface area contributed by atoms with Gasteiger partial charge in [0, 0.05) is 26.1 Å². The summed E-state index contributed by atoms with van der Waals surface area (Å²) in [5.74, 6) is -0.464. The molecule has 0 heterocycles. The van der Waals surface area contributed by atoms with Crippen LogP contribution >= 0.6 is 0 Å². The summed E-state index contributed by atoms with van der Waals surface area (Å²) in [5.41, 5.74) is -0.731. The van der Waals surface area contributed by atoms with Crippen LogP contribution in [-0.2, 0) is 19.1 Å². The predicted octanol–water partition coefficient (Wildman–Crippen LogP) is 10.1. The van der Waals surface area contributed by atoms with E-state index < -0.39 is 5.41 Å². The number of unbranched alkanes of at least 4 members (excludes halogenated alkanes) is 26. The van der Waals surface area contributed by atoms with Crippen molar-refractivity contribution < 1.29 is 34.4 Å². The number of hydrogen-bond acceptors (Lipinski definition) is 7. The van der Waals surface area contributed by atoms with Gasteiger partial charge in [-0.25, -0.2) is 0 Å². The van der Waals surface area contributed by atoms with Crippen LogP contribution in [-0.4, -0.2) is 60.3 Å². The van der Waals surface area contributed by atoms with Gasteiger partial charge in [0.2, 0.25) is 0 Å². The number of esters is 2. The van der Waals surface area contributed by atoms with Crippen LogP contribution in [0.25, 0.3) is 0 Å². The minimum Gasteiger partial charge on any atom is -0.465 e. The predicted molar refractivity (Wildman–Crippen MR) is 194 cm³/mol. The summed E-state index contributed by atoms with van der Waals surface area (Å²) in [7, 11) is 0. The minimum absolute atomic E-state index is 0.0827. The maximum Gasteiger partial charge on any atom is 0.305 e. The lowest BCUT2D eigenvalue weighted by molar-refractivity contribution is -0.156. The SMILES string of the molecule is CCC(CO)(COC(=O)CCCCCCCCCCCCCCCCO)COC(=O)CCCCCCCCCCCCCCCCO. The number of hydrogen-bond donors (Lipinski definition) is 3. The molecule has 0 fully saturated rings. The molecule has 0 saturated carbocycles. The van der Waals surface area contributed by atoms with Crippen LogP contribution in [0.15, 0.2) is 0 Å². The van der Waals surface area contributed by atoms with E-state index in [1.54, 1.807) is 0 Å². The van der Waals surface area contributed by atoms with Crippen molar-refractivity contribution in [1.29, 1.82) is 0 Å². The maximum absolute atomic E-state index is 12.3. The molecule has 0 rings (SSSR count). The largest absolute Gasteiger partial charge is 0.465 e. The summed E-state index contributed by atoms with van der Waals surface area (Å²) in [6.45, 7) is 2.56. The van der Waals surface area contributed by atoms with Crippen molar-refractivity contribution in [2.24, 2.45) is 5.41 Å². The van der Waals surface area contributed by atoms with E-state index in [2.05, 4.69) is 0 Å². The van der Waals surface area contributed by atoms with Crippen molar-refractivity contribution in [2.45, 2.75) is 206 Å². The summed E-state index contributed by atoms with van der Waals surface area (Å²) in [6, 6.07) is 0. The fourth-order valence-corrected chi connectivity index (χ4v) is 6.07. The zero-order valence-electron chi connectivity index (χ0n) is 30.9. The van der Waals surface area contributed by atoms with Crippen molar-refractivity contribution in [3.8, 4) is 0 Å². The summed E-state index contributed by atoms with van der Waals surface area (Å²) in [6.07, 6.45) is 34.9. The van der Waals surface area contributed by atoms with Crippen LogP contribution in [0.2, 0.25) is 0 Å². The number of aliphatic hydroxyl groups is 3. The second-order valence-corrected chi connectivity index (χ2v) is 14.2. The molecule has 0 bridgehead atoms. The van der Waals surface area contributed by atoms with Gasteiger partial charge in [-0.3, -0.25) is 9.59 Å². The smallest absolute Gasteiger partial charge is 0.305 e. The summed E-state index contributed by atoms with van der Waals surface area (Å²) >= 11 is 0. The topological polar surface area (TPSA) is 113 Å². The first kappa shape index (κ1) is 45.8. The van der Waals surface area contributed by atoms with Gasteiger partial charge in [-0.05, 0) is 32.1 Å². The average molecular weight is 671 g/mol. The first-order valence-electron chi connectivity index (χ1n) is 20.2. The van der Waals surface area contributed by atoms with Gasteiger partial charge in [-0.2, -0.15) is 0 Å². The van der Waals surface area contributed by atoms with Crippen LogP contribution in [0.3, 0.4) is 0 Å². The van der Waals surface area contributed by atoms with E-state index in [1.807, 2.05) is 6.92 Å². The number of rotatable bonds is 38. The highest BCUT2D eigenvalue weighted by atomic mass is 16.5. The van der Waals surface area contributed by atoms with E-state index >= 15 is 0 Å². The normalized spacial score (nSPS) is 11.7. The Balaban J connectivity index is 3.72. The highest BCUT2D eigenvalue weighted by Crippen LogP contribution is 2.24. The Morgan fingerprint density at radius 2 is 0.638 bits per heavy atom. The number of carbonyl (C=O) groups excluding carboxylic acids is 2. The van der Waals surface area contributed by atoms with Gasteiger partial charge in [0.05, 0.1) is 12.0 Å². The van der Waals surface area contributed by atoms with E-state index in [4.69, 9.17) is 19.7 Å². The molecule has 0 aliphatic rings. The highest BCUT2D eigenvalue weighted by molar-refractivity contribution is 5.69. The lowest BCUT2D eigenvalue weighted by Crippen LogP contribution is -2.37. The number of ether oxygens (including phenoxy) is 2. The molecule has 0 amide bonds. The third-order valence-corrected chi connectivity index (χ3v) is 9.74. The molecule has 7 heteroatoms. The van der Waals surface area contributed by atoms with Gasteiger partial charge in [0.15, 0.2) is 0 Å². The molecule has 0 aliphatic heterocycles. The van der Waals surface area contributed by atoms with E-state index in [1.165, 1.54) is 116 Å². The molecular weight excluding hydrogens is 592 g/mol. The first-order chi connectivity index (χ1) is 23.0. The van der Waals surface area contributed by atoms with E-state index in [0.717, 1.165) is 64.2 Å². The third-order valence-electron chi connectivity index (χ3n) is 9.74. The Labute approximate surface area is 290 Å². The zero-order valence-corrected chi connectivity index (χ0v) is 30.9. The van der Waals surface area contributed by atoms with Crippen LogP contribution < -0.4 is 0 Å². The van der Waals surface area contributed by atoms with Gasteiger partial charge < -0.3 is 24.8 Å².